The summed E-state index contributed by atoms with van der Waals surface area (Å²) in [5.74, 6) is -3.69. The lowest BCUT2D eigenvalue weighted by atomic mass is 9.73. The molecule has 1 saturated carbocycles. The van der Waals surface area contributed by atoms with E-state index in [1.165, 1.54) is 23.9 Å². The molecule has 2 fully saturated rings. The van der Waals surface area contributed by atoms with Gasteiger partial charge in [-0.3, -0.25) is 18.9 Å². The Kier molecular flexibility index (Phi) is 10.2. The average molecular weight is 879 g/mol. The summed E-state index contributed by atoms with van der Waals surface area (Å²) in [6, 6.07) is 7.25. The van der Waals surface area contributed by atoms with Crippen LogP contribution in [-0.2, 0) is 46.9 Å². The number of alkyl halides is 5. The second-order valence-electron chi connectivity index (χ2n) is 15.3. The van der Waals surface area contributed by atoms with E-state index in [1.54, 1.807) is 12.1 Å². The minimum Gasteiger partial charge on any atom is -0.376 e. The summed E-state index contributed by atoms with van der Waals surface area (Å²) in [5, 5.41) is 24.6. The van der Waals surface area contributed by atoms with Crippen molar-refractivity contribution >= 4 is 44.3 Å². The number of amides is 1. The number of pyridine rings is 1. The number of β-amino-alcohol motifs (C(OH)–C–C–N with tert-alkyl or cyclic N) is 1. The molecule has 1 amide bonds. The van der Waals surface area contributed by atoms with Gasteiger partial charge in [0.1, 0.15) is 35.2 Å². The molecule has 21 heteroatoms. The molecule has 2 aliphatic carbocycles. The number of carbonyl (C=O) groups excluding carboxylic acids is 1. The lowest BCUT2D eigenvalue weighted by molar-refractivity contribution is -0.144. The number of halogens is 8. The average Bonchev–Trinajstić information content (AvgIpc) is 3.84. The maximum atomic E-state index is 15.7. The van der Waals surface area contributed by atoms with Crippen molar-refractivity contribution in [1.82, 2.24) is 35.2 Å². The minimum atomic E-state index is -5.09. The summed E-state index contributed by atoms with van der Waals surface area (Å²) in [6.45, 7) is -0.439. The Balaban J connectivity index is 1.28. The molecule has 0 radical (unpaired) electrons. The molecule has 1 unspecified atom stereocenters. The van der Waals surface area contributed by atoms with Crippen LogP contribution in [-0.4, -0.2) is 68.9 Å². The fraction of sp³-hybridized carbons (Fsp3) is 0.385. The van der Waals surface area contributed by atoms with Gasteiger partial charge in [0.2, 0.25) is 15.9 Å². The van der Waals surface area contributed by atoms with Crippen molar-refractivity contribution in [3.63, 3.8) is 0 Å². The smallest absolute Gasteiger partial charge is 0.376 e. The van der Waals surface area contributed by atoms with Crippen LogP contribution in [0.15, 0.2) is 42.5 Å². The van der Waals surface area contributed by atoms with Crippen LogP contribution in [0, 0.1) is 29.4 Å². The standard InChI is InChI=1S/C39H34ClF7N8O4S/c1-54-33-24(6-8-27(40)31(33)36(52-54)53-60(2,58)59)23-4-3-22(9-10-37(57)11-12-48-18-37)49-32(23)28(15-19-13-20(41)16-21(42)14-19)50-29(56)17-55-35-30(34(51-55)39(45,46)47)25-5-7-26(25)38(35,43)44/h3-4,6,8,13-14,16,25-26,28,48,57H,5,7,11-12,15,17-18H2,1-2H3,(H,50,56)(H,52,53)/t25-,26+,28-,37?/m0/s1. The van der Waals surface area contributed by atoms with Crippen LogP contribution < -0.4 is 15.4 Å². The SMILES string of the molecule is Cn1nc(NS(C)(=O)=O)c2c(Cl)ccc(-c3ccc(C#CC4(O)CCNC4)nc3[C@H](Cc3cc(F)cc(F)c3)NC(=O)Cn3nc(C(F)(F)F)c4c3C(F)(F)[C@@H]3CC[C@H]43)c21. The third-order valence-electron chi connectivity index (χ3n) is 11.0. The number of carbonyl (C=O) groups is 1. The van der Waals surface area contributed by atoms with E-state index in [0.717, 1.165) is 18.4 Å². The van der Waals surface area contributed by atoms with E-state index in [9.17, 15) is 40.3 Å². The third-order valence-corrected chi connectivity index (χ3v) is 11.9. The van der Waals surface area contributed by atoms with Crippen molar-refractivity contribution in [3.8, 4) is 23.0 Å². The molecule has 1 aliphatic heterocycles. The fourth-order valence-electron chi connectivity index (χ4n) is 8.36. The summed E-state index contributed by atoms with van der Waals surface area (Å²) in [5.41, 5.74) is -3.69. The zero-order valence-electron chi connectivity index (χ0n) is 31.6. The maximum absolute atomic E-state index is 15.7. The fourth-order valence-corrected chi connectivity index (χ4v) is 9.10. The van der Waals surface area contributed by atoms with Gasteiger partial charge in [-0.1, -0.05) is 23.6 Å². The summed E-state index contributed by atoms with van der Waals surface area (Å²) >= 11 is 6.59. The van der Waals surface area contributed by atoms with Crippen LogP contribution in [0.3, 0.4) is 0 Å². The van der Waals surface area contributed by atoms with Crippen LogP contribution in [0.1, 0.15) is 65.1 Å². The van der Waals surface area contributed by atoms with Crippen LogP contribution >= 0.6 is 11.6 Å². The van der Waals surface area contributed by atoms with E-state index in [4.69, 9.17) is 16.6 Å². The van der Waals surface area contributed by atoms with Crippen LogP contribution in [0.4, 0.5) is 36.6 Å². The van der Waals surface area contributed by atoms with Gasteiger partial charge >= 0.3 is 6.18 Å². The number of nitrogens with one attached hydrogen (secondary N) is 3. The summed E-state index contributed by atoms with van der Waals surface area (Å²) in [6.07, 6.45) is -4.19. The molecular weight excluding hydrogens is 845 g/mol. The van der Waals surface area contributed by atoms with Crippen molar-refractivity contribution in [2.24, 2.45) is 13.0 Å². The van der Waals surface area contributed by atoms with Gasteiger partial charge in [0.25, 0.3) is 5.92 Å². The first-order chi connectivity index (χ1) is 28.1. The number of rotatable bonds is 9. The van der Waals surface area contributed by atoms with Crippen LogP contribution in [0.5, 0.6) is 0 Å². The Bertz CT molecular complexity index is 2740. The molecule has 1 saturated heterocycles. The lowest BCUT2D eigenvalue weighted by Gasteiger charge is -2.34. The van der Waals surface area contributed by atoms with Gasteiger partial charge in [-0.15, -0.1) is 0 Å². The van der Waals surface area contributed by atoms with Gasteiger partial charge in [-0.05, 0) is 73.5 Å². The molecule has 3 aromatic heterocycles. The number of benzene rings is 2. The normalized spacial score (nSPS) is 21.2. The van der Waals surface area contributed by atoms with E-state index in [0.29, 0.717) is 29.3 Å². The van der Waals surface area contributed by atoms with Gasteiger partial charge in [-0.25, -0.2) is 22.2 Å². The lowest BCUT2D eigenvalue weighted by Crippen LogP contribution is -2.36. The van der Waals surface area contributed by atoms with Crippen molar-refractivity contribution in [2.75, 3.05) is 24.1 Å². The highest BCUT2D eigenvalue weighted by Gasteiger charge is 2.63. The number of nitrogens with zero attached hydrogens (tertiary/aromatic N) is 5. The summed E-state index contributed by atoms with van der Waals surface area (Å²) in [7, 11) is -2.35. The first-order valence-corrected chi connectivity index (χ1v) is 20.8. The third kappa shape index (κ3) is 7.67. The van der Waals surface area contributed by atoms with E-state index in [-0.39, 0.29) is 63.6 Å². The van der Waals surface area contributed by atoms with E-state index < -0.39 is 93.1 Å². The predicted octanol–water partition coefficient (Wildman–Crippen LogP) is 5.93. The van der Waals surface area contributed by atoms with Crippen LogP contribution in [0.2, 0.25) is 5.02 Å². The zero-order chi connectivity index (χ0) is 43.1. The molecule has 3 aliphatic rings. The highest BCUT2D eigenvalue weighted by Crippen LogP contribution is 2.64. The highest BCUT2D eigenvalue weighted by atomic mass is 35.5. The number of hydrogen-bond donors (Lipinski definition) is 4. The largest absolute Gasteiger partial charge is 0.435 e. The predicted molar refractivity (Wildman–Crippen MR) is 204 cm³/mol. The molecule has 8 rings (SSSR count). The second-order valence-corrected chi connectivity index (χ2v) is 17.4. The van der Waals surface area contributed by atoms with E-state index >= 15 is 8.78 Å². The van der Waals surface area contributed by atoms with Gasteiger partial charge in [0.05, 0.1) is 33.9 Å². The molecule has 60 heavy (non-hydrogen) atoms. The monoisotopic (exact) mass is 878 g/mol. The number of aromatic nitrogens is 5. The first kappa shape index (κ1) is 41.5. The molecule has 12 nitrogen and oxygen atoms in total. The number of fused-ring (bicyclic) bond motifs is 4. The minimum absolute atomic E-state index is 0.00255. The van der Waals surface area contributed by atoms with Gasteiger partial charge in [0.15, 0.2) is 11.5 Å². The Labute approximate surface area is 342 Å². The molecule has 0 spiro atoms. The molecule has 2 aromatic carbocycles. The second kappa shape index (κ2) is 14.7. The molecule has 5 aromatic rings. The van der Waals surface area contributed by atoms with E-state index in [2.05, 4.69) is 37.4 Å². The van der Waals surface area contributed by atoms with Gasteiger partial charge in [-0.2, -0.15) is 32.1 Å². The zero-order valence-corrected chi connectivity index (χ0v) is 33.1. The Morgan fingerprint density at radius 1 is 1.10 bits per heavy atom. The number of sulfonamides is 1. The Morgan fingerprint density at radius 2 is 1.82 bits per heavy atom. The van der Waals surface area contributed by atoms with Gasteiger partial charge in [0, 0.05) is 48.7 Å². The molecule has 316 valence electrons. The summed E-state index contributed by atoms with van der Waals surface area (Å²) in [4.78, 5) is 18.8. The number of aryl methyl sites for hydroxylation is 1. The Hall–Kier alpha value is -5.23. The number of hydrogen-bond acceptors (Lipinski definition) is 8. The highest BCUT2D eigenvalue weighted by molar-refractivity contribution is 7.92. The molecule has 4 atom stereocenters. The number of aliphatic hydroxyl groups is 1. The summed E-state index contributed by atoms with van der Waals surface area (Å²) < 4.78 is 132. The molecular formula is C39H34ClF7N8O4S. The van der Waals surface area contributed by atoms with Crippen molar-refractivity contribution in [1.29, 1.82) is 0 Å². The van der Waals surface area contributed by atoms with Crippen LogP contribution in [0.25, 0.3) is 22.0 Å². The first-order valence-electron chi connectivity index (χ1n) is 18.5. The maximum Gasteiger partial charge on any atom is 0.435 e. The quantitative estimate of drug-likeness (QED) is 0.105. The van der Waals surface area contributed by atoms with Crippen molar-refractivity contribution < 1.29 is 49.1 Å². The molecule has 4 heterocycles. The topological polar surface area (TPSA) is 156 Å². The van der Waals surface area contributed by atoms with E-state index in [1.807, 2.05) is 0 Å². The molecule has 0 bridgehead atoms. The number of anilines is 1. The molecule has 4 N–H and O–H groups in total. The van der Waals surface area contributed by atoms with Crippen molar-refractivity contribution in [3.05, 3.63) is 93.0 Å². The van der Waals surface area contributed by atoms with Gasteiger partial charge < -0.3 is 15.7 Å². The van der Waals surface area contributed by atoms with Crippen molar-refractivity contribution in [2.45, 2.75) is 61.9 Å². The Morgan fingerprint density at radius 3 is 2.45 bits per heavy atom.